The molecule has 0 atom stereocenters. The van der Waals surface area contributed by atoms with Crippen molar-refractivity contribution in [1.29, 1.82) is 0 Å². The van der Waals surface area contributed by atoms with E-state index in [-0.39, 0.29) is 24.3 Å². The molecule has 1 heterocycles. The summed E-state index contributed by atoms with van der Waals surface area (Å²) in [6.45, 7) is -0.811. The standard InChI is InChI=1S/C22H19F6N5O2/c23-21(24,25)16-7-2-1-5-14(16)12-31-20(35)17-9-18(22(26,27)28)32-33(17)15-6-3-4-13(8-15)11-30-19(34)10-29/h1-9H,10-12,29H2,(H,30,34)(H,31,35). The Bertz CT molecular complexity index is 1220. The van der Waals surface area contributed by atoms with Gasteiger partial charge in [-0.3, -0.25) is 9.59 Å². The molecular formula is C22H19F6N5O2. The van der Waals surface area contributed by atoms with Crippen molar-refractivity contribution in [1.82, 2.24) is 20.4 Å². The molecule has 3 aromatic rings. The lowest BCUT2D eigenvalue weighted by molar-refractivity contribution is -0.141. The normalized spacial score (nSPS) is 11.9. The van der Waals surface area contributed by atoms with Crippen LogP contribution in [-0.4, -0.2) is 28.1 Å². The molecule has 7 nitrogen and oxygen atoms in total. The van der Waals surface area contributed by atoms with Crippen molar-refractivity contribution < 1.29 is 35.9 Å². The Balaban J connectivity index is 1.92. The first-order valence-electron chi connectivity index (χ1n) is 10.1. The van der Waals surface area contributed by atoms with Gasteiger partial charge < -0.3 is 16.4 Å². The molecule has 0 aliphatic carbocycles. The first kappa shape index (κ1) is 25.7. The minimum Gasteiger partial charge on any atom is -0.351 e. The van der Waals surface area contributed by atoms with Gasteiger partial charge in [-0.2, -0.15) is 31.4 Å². The van der Waals surface area contributed by atoms with Crippen LogP contribution in [0, 0.1) is 0 Å². The number of amides is 2. The summed E-state index contributed by atoms with van der Waals surface area (Å²) in [6, 6.07) is 10.9. The van der Waals surface area contributed by atoms with Gasteiger partial charge in [0.15, 0.2) is 5.69 Å². The number of benzene rings is 2. The van der Waals surface area contributed by atoms with Crippen molar-refractivity contribution in [3.63, 3.8) is 0 Å². The Morgan fingerprint density at radius 1 is 0.886 bits per heavy atom. The molecule has 0 aliphatic heterocycles. The highest BCUT2D eigenvalue weighted by atomic mass is 19.4. The number of halogens is 6. The molecule has 0 saturated heterocycles. The number of hydrogen-bond donors (Lipinski definition) is 3. The highest BCUT2D eigenvalue weighted by molar-refractivity contribution is 5.93. The van der Waals surface area contributed by atoms with Gasteiger partial charge in [-0.05, 0) is 29.3 Å². The number of aromatic nitrogens is 2. The molecule has 0 fully saturated rings. The summed E-state index contributed by atoms with van der Waals surface area (Å²) in [4.78, 5) is 24.1. The predicted molar refractivity (Wildman–Crippen MR) is 112 cm³/mol. The molecule has 1 aromatic heterocycles. The lowest BCUT2D eigenvalue weighted by Gasteiger charge is -2.14. The summed E-state index contributed by atoms with van der Waals surface area (Å²) in [5.41, 5.74) is 2.64. The zero-order valence-electron chi connectivity index (χ0n) is 17.9. The Kier molecular flexibility index (Phi) is 7.48. The van der Waals surface area contributed by atoms with Crippen LogP contribution in [0.1, 0.15) is 32.9 Å². The number of hydrogen-bond acceptors (Lipinski definition) is 4. The van der Waals surface area contributed by atoms with Gasteiger partial charge in [0.1, 0.15) is 5.69 Å². The van der Waals surface area contributed by atoms with Crippen LogP contribution < -0.4 is 16.4 Å². The van der Waals surface area contributed by atoms with Crippen molar-refractivity contribution in [3.05, 3.63) is 82.7 Å². The van der Waals surface area contributed by atoms with E-state index in [4.69, 9.17) is 5.73 Å². The van der Waals surface area contributed by atoms with E-state index < -0.39 is 47.7 Å². The number of nitrogens with one attached hydrogen (secondary N) is 2. The van der Waals surface area contributed by atoms with Crippen molar-refractivity contribution in [2.45, 2.75) is 25.4 Å². The molecule has 3 rings (SSSR count). The molecule has 0 saturated carbocycles. The van der Waals surface area contributed by atoms with E-state index in [1.54, 1.807) is 6.07 Å². The quantitative estimate of drug-likeness (QED) is 0.434. The third-order valence-corrected chi connectivity index (χ3v) is 4.82. The Labute approximate surface area is 194 Å². The van der Waals surface area contributed by atoms with E-state index in [1.165, 1.54) is 30.3 Å². The fraction of sp³-hybridized carbons (Fsp3) is 0.227. The zero-order valence-corrected chi connectivity index (χ0v) is 17.9. The van der Waals surface area contributed by atoms with Crippen LogP contribution >= 0.6 is 0 Å². The van der Waals surface area contributed by atoms with E-state index in [0.717, 1.165) is 16.8 Å². The van der Waals surface area contributed by atoms with Gasteiger partial charge in [0, 0.05) is 19.2 Å². The topological polar surface area (TPSA) is 102 Å². The molecule has 0 unspecified atom stereocenters. The molecule has 0 spiro atoms. The second-order valence-electron chi connectivity index (χ2n) is 7.31. The summed E-state index contributed by atoms with van der Waals surface area (Å²) < 4.78 is 80.3. The monoisotopic (exact) mass is 499 g/mol. The third kappa shape index (κ3) is 6.38. The predicted octanol–water partition coefficient (Wildman–Crippen LogP) is 3.41. The summed E-state index contributed by atoms with van der Waals surface area (Å²) in [7, 11) is 0. The number of carbonyl (C=O) groups excluding carboxylic acids is 2. The fourth-order valence-corrected chi connectivity index (χ4v) is 3.17. The maximum atomic E-state index is 13.3. The van der Waals surface area contributed by atoms with Crippen LogP contribution in [0.3, 0.4) is 0 Å². The number of alkyl halides is 6. The summed E-state index contributed by atoms with van der Waals surface area (Å²) in [5, 5.41) is 8.21. The van der Waals surface area contributed by atoms with Crippen molar-refractivity contribution in [2.24, 2.45) is 5.73 Å². The van der Waals surface area contributed by atoms with E-state index in [2.05, 4.69) is 15.7 Å². The fourth-order valence-electron chi connectivity index (χ4n) is 3.17. The second kappa shape index (κ2) is 10.2. The molecule has 4 N–H and O–H groups in total. The van der Waals surface area contributed by atoms with E-state index in [0.29, 0.717) is 11.6 Å². The minimum atomic E-state index is -4.88. The van der Waals surface area contributed by atoms with Crippen LogP contribution in [0.5, 0.6) is 0 Å². The van der Waals surface area contributed by atoms with Gasteiger partial charge in [-0.1, -0.05) is 30.3 Å². The largest absolute Gasteiger partial charge is 0.435 e. The third-order valence-electron chi connectivity index (χ3n) is 4.82. The van der Waals surface area contributed by atoms with Crippen LogP contribution in [0.15, 0.2) is 54.6 Å². The minimum absolute atomic E-state index is 0.0209. The second-order valence-corrected chi connectivity index (χ2v) is 7.31. The van der Waals surface area contributed by atoms with Gasteiger partial charge in [-0.15, -0.1) is 0 Å². The highest BCUT2D eigenvalue weighted by Gasteiger charge is 2.36. The molecule has 0 radical (unpaired) electrons. The molecule has 0 bridgehead atoms. The van der Waals surface area contributed by atoms with Gasteiger partial charge in [0.25, 0.3) is 5.91 Å². The smallest absolute Gasteiger partial charge is 0.351 e. The van der Waals surface area contributed by atoms with Crippen LogP contribution in [0.2, 0.25) is 0 Å². The molecule has 2 aromatic carbocycles. The van der Waals surface area contributed by atoms with E-state index in [1.807, 2.05) is 0 Å². The Morgan fingerprint density at radius 3 is 2.26 bits per heavy atom. The average molecular weight is 499 g/mol. The van der Waals surface area contributed by atoms with Crippen LogP contribution in [-0.2, 0) is 30.2 Å². The van der Waals surface area contributed by atoms with Crippen molar-refractivity contribution in [3.8, 4) is 5.69 Å². The van der Waals surface area contributed by atoms with E-state index >= 15 is 0 Å². The first-order chi connectivity index (χ1) is 16.4. The average Bonchev–Trinajstić information content (AvgIpc) is 3.27. The summed E-state index contributed by atoms with van der Waals surface area (Å²) >= 11 is 0. The maximum Gasteiger partial charge on any atom is 0.435 e. The molecule has 35 heavy (non-hydrogen) atoms. The Hall–Kier alpha value is -3.87. The van der Waals surface area contributed by atoms with E-state index in [9.17, 15) is 35.9 Å². The summed E-state index contributed by atoms with van der Waals surface area (Å²) in [6.07, 6.45) is -9.55. The molecule has 13 heteroatoms. The molecule has 2 amide bonds. The van der Waals surface area contributed by atoms with Gasteiger partial charge in [0.05, 0.1) is 17.8 Å². The zero-order chi connectivity index (χ0) is 25.8. The Morgan fingerprint density at radius 2 is 1.60 bits per heavy atom. The number of rotatable bonds is 7. The van der Waals surface area contributed by atoms with Gasteiger partial charge in [-0.25, -0.2) is 4.68 Å². The SMILES string of the molecule is NCC(=O)NCc1cccc(-n2nc(C(F)(F)F)cc2C(=O)NCc2ccccc2C(F)(F)F)c1. The van der Waals surface area contributed by atoms with Gasteiger partial charge >= 0.3 is 12.4 Å². The molecule has 0 aliphatic rings. The van der Waals surface area contributed by atoms with Crippen molar-refractivity contribution >= 4 is 11.8 Å². The van der Waals surface area contributed by atoms with Gasteiger partial charge in [0.2, 0.25) is 5.91 Å². The number of carbonyl (C=O) groups is 2. The maximum absolute atomic E-state index is 13.3. The van der Waals surface area contributed by atoms with Crippen LogP contribution in [0.4, 0.5) is 26.3 Å². The number of nitrogens with two attached hydrogens (primary N) is 1. The van der Waals surface area contributed by atoms with Crippen LogP contribution in [0.25, 0.3) is 5.69 Å². The number of nitrogens with zero attached hydrogens (tertiary/aromatic N) is 2. The summed E-state index contributed by atoms with van der Waals surface area (Å²) in [5.74, 6) is -1.51. The molecule has 186 valence electrons. The van der Waals surface area contributed by atoms with Crippen molar-refractivity contribution in [2.75, 3.05) is 6.54 Å². The molecular weight excluding hydrogens is 480 g/mol. The lowest BCUT2D eigenvalue weighted by Crippen LogP contribution is -2.29. The first-order valence-corrected chi connectivity index (χ1v) is 10.1. The lowest BCUT2D eigenvalue weighted by atomic mass is 10.1. The highest BCUT2D eigenvalue weighted by Crippen LogP contribution is 2.32.